The molecule has 1 aliphatic carbocycles. The number of benzene rings is 1. The summed E-state index contributed by atoms with van der Waals surface area (Å²) in [5.74, 6) is 0.679. The molecule has 1 saturated carbocycles. The van der Waals surface area contributed by atoms with Crippen LogP contribution < -0.4 is 16.4 Å². The van der Waals surface area contributed by atoms with Gasteiger partial charge in [-0.15, -0.1) is 0 Å². The quantitative estimate of drug-likeness (QED) is 0.783. The lowest BCUT2D eigenvalue weighted by molar-refractivity contribution is -0.126. The zero-order chi connectivity index (χ0) is 14.7. The van der Waals surface area contributed by atoms with Crippen molar-refractivity contribution in [2.45, 2.75) is 31.7 Å². The van der Waals surface area contributed by atoms with Crippen LogP contribution >= 0.6 is 0 Å². The van der Waals surface area contributed by atoms with Crippen LogP contribution in [0.2, 0.25) is 0 Å². The normalized spacial score (nSPS) is 28.1. The minimum atomic E-state index is 0.119. The number of nitrogens with two attached hydrogens (primary N) is 1. The minimum Gasteiger partial charge on any atom is -0.354 e. The van der Waals surface area contributed by atoms with Gasteiger partial charge in [0.05, 0.1) is 0 Å². The summed E-state index contributed by atoms with van der Waals surface area (Å²) in [4.78, 5) is 12.4. The van der Waals surface area contributed by atoms with E-state index in [2.05, 4.69) is 34.9 Å². The van der Waals surface area contributed by atoms with Crippen LogP contribution in [0.15, 0.2) is 24.3 Å². The fourth-order valence-corrected chi connectivity index (χ4v) is 3.77. The van der Waals surface area contributed by atoms with Crippen molar-refractivity contribution in [3.05, 3.63) is 35.4 Å². The molecule has 3 atom stereocenters. The summed E-state index contributed by atoms with van der Waals surface area (Å²) in [6.45, 7) is 2.28. The highest BCUT2D eigenvalue weighted by Crippen LogP contribution is 2.31. The highest BCUT2D eigenvalue weighted by molar-refractivity contribution is 5.79. The van der Waals surface area contributed by atoms with E-state index < -0.39 is 0 Å². The molecule has 2 aliphatic rings. The fourth-order valence-electron chi connectivity index (χ4n) is 3.77. The van der Waals surface area contributed by atoms with E-state index in [1.165, 1.54) is 11.1 Å². The second-order valence-corrected chi connectivity index (χ2v) is 6.23. The summed E-state index contributed by atoms with van der Waals surface area (Å²) >= 11 is 0. The van der Waals surface area contributed by atoms with E-state index in [1.54, 1.807) is 0 Å². The lowest BCUT2D eigenvalue weighted by atomic mass is 9.93. The van der Waals surface area contributed by atoms with Crippen LogP contribution in [0.1, 0.15) is 36.4 Å². The second-order valence-electron chi connectivity index (χ2n) is 6.23. The molecule has 1 fully saturated rings. The first-order chi connectivity index (χ1) is 10.3. The highest BCUT2D eigenvalue weighted by atomic mass is 16.1. The van der Waals surface area contributed by atoms with Crippen molar-refractivity contribution in [1.82, 2.24) is 10.6 Å². The van der Waals surface area contributed by atoms with E-state index in [1.807, 2.05) is 0 Å². The summed E-state index contributed by atoms with van der Waals surface area (Å²) in [6.07, 6.45) is 4.28. The predicted molar refractivity (Wildman–Crippen MR) is 83.8 cm³/mol. The molecule has 1 unspecified atom stereocenters. The SMILES string of the molecule is NC[C@H]1CCC[C@H]1C(=O)NCC1NCCc2ccccc21. The van der Waals surface area contributed by atoms with Crippen LogP contribution in [0.5, 0.6) is 0 Å². The van der Waals surface area contributed by atoms with E-state index >= 15 is 0 Å². The molecular formula is C17H25N3O. The number of amides is 1. The van der Waals surface area contributed by atoms with Gasteiger partial charge in [0.1, 0.15) is 0 Å². The molecule has 1 aromatic rings. The first-order valence-corrected chi connectivity index (χ1v) is 8.08. The molecule has 0 radical (unpaired) electrons. The molecular weight excluding hydrogens is 262 g/mol. The third-order valence-corrected chi connectivity index (χ3v) is 4.99. The number of rotatable bonds is 4. The largest absolute Gasteiger partial charge is 0.354 e. The number of nitrogens with one attached hydrogen (secondary N) is 2. The van der Waals surface area contributed by atoms with Crippen LogP contribution in [-0.4, -0.2) is 25.5 Å². The highest BCUT2D eigenvalue weighted by Gasteiger charge is 2.32. The van der Waals surface area contributed by atoms with Gasteiger partial charge in [-0.2, -0.15) is 0 Å². The van der Waals surface area contributed by atoms with Crippen molar-refractivity contribution >= 4 is 5.91 Å². The standard InChI is InChI=1S/C17H25N3O/c18-10-13-5-3-7-15(13)17(21)20-11-16-14-6-2-1-4-12(14)8-9-19-16/h1-2,4,6,13,15-16,19H,3,5,7-11,18H2,(H,20,21)/t13-,15-,16?/m1/s1. The van der Waals surface area contributed by atoms with Crippen molar-refractivity contribution in [2.24, 2.45) is 17.6 Å². The van der Waals surface area contributed by atoms with Gasteiger partial charge in [-0.05, 0) is 49.4 Å². The Balaban J connectivity index is 1.60. The van der Waals surface area contributed by atoms with Crippen molar-refractivity contribution in [1.29, 1.82) is 0 Å². The number of carbonyl (C=O) groups is 1. The Bertz CT molecular complexity index is 503. The molecule has 3 rings (SSSR count). The molecule has 0 spiro atoms. The maximum atomic E-state index is 12.4. The van der Waals surface area contributed by atoms with E-state index in [9.17, 15) is 4.79 Å². The van der Waals surface area contributed by atoms with Gasteiger partial charge in [-0.25, -0.2) is 0 Å². The van der Waals surface area contributed by atoms with E-state index in [0.717, 1.165) is 32.2 Å². The third-order valence-electron chi connectivity index (χ3n) is 4.99. The molecule has 1 aliphatic heterocycles. The molecule has 1 aromatic carbocycles. The molecule has 4 N–H and O–H groups in total. The lowest BCUT2D eigenvalue weighted by Gasteiger charge is -2.28. The Morgan fingerprint density at radius 3 is 3.05 bits per heavy atom. The van der Waals surface area contributed by atoms with Crippen LogP contribution in [-0.2, 0) is 11.2 Å². The number of carbonyl (C=O) groups excluding carboxylic acids is 1. The molecule has 21 heavy (non-hydrogen) atoms. The van der Waals surface area contributed by atoms with Gasteiger partial charge in [0.15, 0.2) is 0 Å². The summed E-state index contributed by atoms with van der Waals surface area (Å²) in [5, 5.41) is 6.65. The van der Waals surface area contributed by atoms with E-state index in [4.69, 9.17) is 5.73 Å². The molecule has 4 nitrogen and oxygen atoms in total. The van der Waals surface area contributed by atoms with Crippen molar-refractivity contribution < 1.29 is 4.79 Å². The summed E-state index contributed by atoms with van der Waals surface area (Å²) in [5.41, 5.74) is 8.50. The molecule has 1 heterocycles. The minimum absolute atomic E-state index is 0.119. The number of hydrogen-bond acceptors (Lipinski definition) is 3. The Hall–Kier alpha value is -1.39. The van der Waals surface area contributed by atoms with Crippen LogP contribution in [0.4, 0.5) is 0 Å². The maximum absolute atomic E-state index is 12.4. The van der Waals surface area contributed by atoms with Crippen LogP contribution in [0.3, 0.4) is 0 Å². The van der Waals surface area contributed by atoms with Gasteiger partial charge in [-0.1, -0.05) is 30.7 Å². The van der Waals surface area contributed by atoms with Crippen LogP contribution in [0.25, 0.3) is 0 Å². The third kappa shape index (κ3) is 3.11. The van der Waals surface area contributed by atoms with Gasteiger partial charge in [-0.3, -0.25) is 4.79 Å². The number of fused-ring (bicyclic) bond motifs is 1. The Kier molecular flexibility index (Phi) is 4.56. The summed E-state index contributed by atoms with van der Waals surface area (Å²) in [7, 11) is 0. The summed E-state index contributed by atoms with van der Waals surface area (Å²) in [6, 6.07) is 8.74. The topological polar surface area (TPSA) is 67.2 Å². The Morgan fingerprint density at radius 2 is 2.19 bits per heavy atom. The molecule has 0 bridgehead atoms. The summed E-state index contributed by atoms with van der Waals surface area (Å²) < 4.78 is 0. The first kappa shape index (κ1) is 14.5. The predicted octanol–water partition coefficient (Wildman–Crippen LogP) is 1.36. The monoisotopic (exact) mass is 287 g/mol. The fraction of sp³-hybridized carbons (Fsp3) is 0.588. The number of hydrogen-bond donors (Lipinski definition) is 3. The van der Waals surface area contributed by atoms with Crippen molar-refractivity contribution in [3.8, 4) is 0 Å². The molecule has 114 valence electrons. The molecule has 4 heteroatoms. The first-order valence-electron chi connectivity index (χ1n) is 8.08. The zero-order valence-corrected chi connectivity index (χ0v) is 12.5. The van der Waals surface area contributed by atoms with Gasteiger partial charge >= 0.3 is 0 Å². The average molecular weight is 287 g/mol. The lowest BCUT2D eigenvalue weighted by Crippen LogP contribution is -2.42. The maximum Gasteiger partial charge on any atom is 0.223 e. The van der Waals surface area contributed by atoms with Crippen molar-refractivity contribution in [3.63, 3.8) is 0 Å². The van der Waals surface area contributed by atoms with Crippen LogP contribution in [0, 0.1) is 11.8 Å². The van der Waals surface area contributed by atoms with Gasteiger partial charge < -0.3 is 16.4 Å². The Morgan fingerprint density at radius 1 is 1.33 bits per heavy atom. The zero-order valence-electron chi connectivity index (χ0n) is 12.5. The smallest absolute Gasteiger partial charge is 0.223 e. The van der Waals surface area contributed by atoms with Crippen molar-refractivity contribution in [2.75, 3.05) is 19.6 Å². The molecule has 0 saturated heterocycles. The van der Waals surface area contributed by atoms with E-state index in [0.29, 0.717) is 19.0 Å². The molecule has 0 aromatic heterocycles. The Labute approximate surface area is 126 Å². The van der Waals surface area contributed by atoms with E-state index in [-0.39, 0.29) is 17.9 Å². The average Bonchev–Trinajstić information content (AvgIpc) is 3.01. The molecule has 1 amide bonds. The van der Waals surface area contributed by atoms with Gasteiger partial charge in [0.25, 0.3) is 0 Å². The second kappa shape index (κ2) is 6.58. The van der Waals surface area contributed by atoms with Gasteiger partial charge in [0.2, 0.25) is 5.91 Å². The van der Waals surface area contributed by atoms with Gasteiger partial charge in [0, 0.05) is 18.5 Å².